The van der Waals surface area contributed by atoms with Gasteiger partial charge in [-0.05, 0) is 90.4 Å². The van der Waals surface area contributed by atoms with E-state index in [2.05, 4.69) is 61.6 Å². The number of ether oxygens (including phenoxy) is 2. The van der Waals surface area contributed by atoms with Crippen LogP contribution in [0.5, 0.6) is 0 Å². The Hall–Kier alpha value is -2.33. The third kappa shape index (κ3) is 41.1. The molecular formula is C44H79NO9P+. The van der Waals surface area contributed by atoms with Gasteiger partial charge in [-0.1, -0.05) is 106 Å². The van der Waals surface area contributed by atoms with Crippen LogP contribution in [0.4, 0.5) is 0 Å². The zero-order valence-electron chi connectivity index (χ0n) is 35.3. The zero-order chi connectivity index (χ0) is 40.9. The predicted molar refractivity (Wildman–Crippen MR) is 225 cm³/mol. The van der Waals surface area contributed by atoms with E-state index in [4.69, 9.17) is 18.5 Å². The number of aliphatic hydroxyl groups is 1. The SMILES string of the molecule is CCCCCC/C=C\CCCCCCCC(=O)O[C@H](COC(=O)CCC/C=C\C/C=C\C/C=C\C/C=C\CCC[C@@H](C)O)COP(=O)(O)OCC[N+](C)(C)C. The molecule has 55 heavy (non-hydrogen) atoms. The lowest BCUT2D eigenvalue weighted by Crippen LogP contribution is -2.37. The van der Waals surface area contributed by atoms with E-state index >= 15 is 0 Å². The summed E-state index contributed by atoms with van der Waals surface area (Å²) in [6.07, 6.45) is 39.8. The van der Waals surface area contributed by atoms with Gasteiger partial charge < -0.3 is 24.0 Å². The molecule has 0 saturated heterocycles. The number of phosphoric acid groups is 1. The summed E-state index contributed by atoms with van der Waals surface area (Å²) in [6, 6.07) is 0. The molecule has 11 heteroatoms. The van der Waals surface area contributed by atoms with Crippen molar-refractivity contribution in [1.29, 1.82) is 0 Å². The van der Waals surface area contributed by atoms with Gasteiger partial charge in [0.15, 0.2) is 6.10 Å². The van der Waals surface area contributed by atoms with Gasteiger partial charge >= 0.3 is 19.8 Å². The molecule has 0 aliphatic heterocycles. The van der Waals surface area contributed by atoms with Crippen LogP contribution in [0.1, 0.15) is 149 Å². The summed E-state index contributed by atoms with van der Waals surface area (Å²) in [7, 11) is 1.41. The number of hydrogen-bond acceptors (Lipinski definition) is 8. The van der Waals surface area contributed by atoms with Crippen molar-refractivity contribution in [1.82, 2.24) is 0 Å². The van der Waals surface area contributed by atoms with E-state index in [0.717, 1.165) is 83.5 Å². The van der Waals surface area contributed by atoms with E-state index in [1.165, 1.54) is 25.7 Å². The van der Waals surface area contributed by atoms with Crippen molar-refractivity contribution >= 4 is 19.8 Å². The van der Waals surface area contributed by atoms with Crippen molar-refractivity contribution in [3.05, 3.63) is 60.8 Å². The second-order valence-corrected chi connectivity index (χ2v) is 16.8. The lowest BCUT2D eigenvalue weighted by Gasteiger charge is -2.24. The molecule has 1 unspecified atom stereocenters. The molecular weight excluding hydrogens is 717 g/mol. The third-order valence-electron chi connectivity index (χ3n) is 8.54. The number of esters is 2. The van der Waals surface area contributed by atoms with Crippen molar-refractivity contribution in [2.45, 2.75) is 161 Å². The first-order valence-electron chi connectivity index (χ1n) is 21.0. The molecule has 0 spiro atoms. The minimum absolute atomic E-state index is 0.0138. The number of hydrogen-bond donors (Lipinski definition) is 2. The summed E-state index contributed by atoms with van der Waals surface area (Å²) in [4.78, 5) is 35.3. The van der Waals surface area contributed by atoms with Gasteiger partial charge in [0.25, 0.3) is 0 Å². The Bertz CT molecular complexity index is 1140. The Labute approximate surface area is 335 Å². The summed E-state index contributed by atoms with van der Waals surface area (Å²) in [5.41, 5.74) is 0. The maximum Gasteiger partial charge on any atom is 0.472 e. The number of rotatable bonds is 37. The second-order valence-electron chi connectivity index (χ2n) is 15.3. The van der Waals surface area contributed by atoms with Crippen LogP contribution in [-0.4, -0.2) is 86.1 Å². The fourth-order valence-electron chi connectivity index (χ4n) is 5.19. The van der Waals surface area contributed by atoms with Gasteiger partial charge in [-0.15, -0.1) is 0 Å². The van der Waals surface area contributed by atoms with Crippen molar-refractivity contribution in [2.75, 3.05) is 47.5 Å². The first kappa shape index (κ1) is 52.7. The Morgan fingerprint density at radius 1 is 0.636 bits per heavy atom. The molecule has 0 aromatic heterocycles. The van der Waals surface area contributed by atoms with Crippen LogP contribution in [0.15, 0.2) is 60.8 Å². The Morgan fingerprint density at radius 2 is 1.13 bits per heavy atom. The molecule has 0 aromatic rings. The van der Waals surface area contributed by atoms with Crippen molar-refractivity contribution in [2.24, 2.45) is 0 Å². The maximum absolute atomic E-state index is 12.6. The average Bonchev–Trinajstić information content (AvgIpc) is 3.11. The van der Waals surface area contributed by atoms with Crippen LogP contribution in [0.25, 0.3) is 0 Å². The van der Waals surface area contributed by atoms with Gasteiger partial charge in [-0.25, -0.2) is 4.57 Å². The fraction of sp³-hybridized carbons (Fsp3) is 0.727. The summed E-state index contributed by atoms with van der Waals surface area (Å²) in [6.45, 7) is 3.85. The number of quaternary nitrogens is 1. The van der Waals surface area contributed by atoms with Gasteiger partial charge in [0.05, 0.1) is 33.9 Å². The monoisotopic (exact) mass is 797 g/mol. The lowest BCUT2D eigenvalue weighted by molar-refractivity contribution is -0.870. The number of carbonyl (C=O) groups is 2. The highest BCUT2D eigenvalue weighted by Gasteiger charge is 2.27. The molecule has 0 bridgehead atoms. The molecule has 0 aliphatic rings. The molecule has 0 fully saturated rings. The molecule has 0 rings (SSSR count). The Morgan fingerprint density at radius 3 is 1.71 bits per heavy atom. The largest absolute Gasteiger partial charge is 0.472 e. The van der Waals surface area contributed by atoms with E-state index in [0.29, 0.717) is 23.9 Å². The number of unbranched alkanes of at least 4 members (excludes halogenated alkanes) is 11. The minimum atomic E-state index is -4.39. The highest BCUT2D eigenvalue weighted by atomic mass is 31.2. The molecule has 2 N–H and O–H groups in total. The van der Waals surface area contributed by atoms with Crippen LogP contribution < -0.4 is 0 Å². The second kappa shape index (κ2) is 36.0. The summed E-state index contributed by atoms with van der Waals surface area (Å²) < 4.78 is 34.1. The van der Waals surface area contributed by atoms with Crippen LogP contribution in [0.3, 0.4) is 0 Å². The van der Waals surface area contributed by atoms with E-state index < -0.39 is 32.5 Å². The van der Waals surface area contributed by atoms with Crippen LogP contribution in [0.2, 0.25) is 0 Å². The number of carbonyl (C=O) groups excluding carboxylic acids is 2. The number of aliphatic hydroxyl groups excluding tert-OH is 1. The van der Waals surface area contributed by atoms with Crippen molar-refractivity contribution in [3.63, 3.8) is 0 Å². The molecule has 0 amide bonds. The molecule has 0 saturated carbocycles. The Balaban J connectivity index is 4.50. The normalized spacial score (nSPS) is 14.8. The topological polar surface area (TPSA) is 129 Å². The fourth-order valence-corrected chi connectivity index (χ4v) is 5.94. The van der Waals surface area contributed by atoms with Crippen molar-refractivity contribution in [3.8, 4) is 0 Å². The van der Waals surface area contributed by atoms with Gasteiger partial charge in [0.1, 0.15) is 19.8 Å². The summed E-state index contributed by atoms with van der Waals surface area (Å²) in [5.74, 6) is -0.897. The van der Waals surface area contributed by atoms with Gasteiger partial charge in [0.2, 0.25) is 0 Å². The van der Waals surface area contributed by atoms with Crippen molar-refractivity contribution < 1.29 is 47.2 Å². The van der Waals surface area contributed by atoms with E-state index in [1.807, 2.05) is 34.1 Å². The van der Waals surface area contributed by atoms with Crippen LogP contribution in [0, 0.1) is 0 Å². The highest BCUT2D eigenvalue weighted by molar-refractivity contribution is 7.47. The Kier molecular flexibility index (Phi) is 34.5. The molecule has 0 aromatic carbocycles. The average molecular weight is 797 g/mol. The molecule has 0 radical (unpaired) electrons. The number of nitrogens with zero attached hydrogens (tertiary/aromatic N) is 1. The first-order chi connectivity index (χ1) is 26.3. The van der Waals surface area contributed by atoms with Gasteiger partial charge in [0, 0.05) is 12.8 Å². The van der Waals surface area contributed by atoms with Crippen LogP contribution >= 0.6 is 7.82 Å². The lowest BCUT2D eigenvalue weighted by atomic mass is 10.1. The molecule has 0 heterocycles. The van der Waals surface area contributed by atoms with E-state index in [-0.39, 0.29) is 32.2 Å². The standard InChI is InChI=1S/C44H78NO9P/c1-6-7-8-9-10-11-12-16-21-24-27-30-33-36-44(48)54-42(40-53-55(49,50)52-38-37-45(3,4)5)39-51-43(47)35-32-29-26-23-20-18-15-13-14-17-19-22-25-28-31-34-41(2)46/h11-12,14-15,17-18,22-23,25-26,41-42,46H,6-10,13,16,19-21,24,27-40H2,1-5H3/p+1/b12-11-,17-14-,18-15-,25-22-,26-23-/t41-,42-/m1/s1. The number of phosphoric ester groups is 1. The minimum Gasteiger partial charge on any atom is -0.462 e. The van der Waals surface area contributed by atoms with E-state index in [9.17, 15) is 24.2 Å². The first-order valence-corrected chi connectivity index (χ1v) is 22.5. The third-order valence-corrected chi connectivity index (χ3v) is 9.52. The number of likely N-dealkylation sites (N-methyl/N-ethyl adjacent to an activating group) is 1. The number of allylic oxidation sites excluding steroid dienone is 10. The molecule has 318 valence electrons. The van der Waals surface area contributed by atoms with E-state index in [1.54, 1.807) is 0 Å². The zero-order valence-corrected chi connectivity index (χ0v) is 36.1. The molecule has 3 atom stereocenters. The summed E-state index contributed by atoms with van der Waals surface area (Å²) in [5, 5.41) is 9.27. The molecule has 0 aliphatic carbocycles. The van der Waals surface area contributed by atoms with Gasteiger partial charge in [-0.3, -0.25) is 18.6 Å². The summed E-state index contributed by atoms with van der Waals surface area (Å²) >= 11 is 0. The van der Waals surface area contributed by atoms with Crippen LogP contribution in [-0.2, 0) is 32.7 Å². The van der Waals surface area contributed by atoms with Gasteiger partial charge in [-0.2, -0.15) is 0 Å². The molecule has 10 nitrogen and oxygen atoms in total. The maximum atomic E-state index is 12.6. The predicted octanol–water partition coefficient (Wildman–Crippen LogP) is 10.7. The highest BCUT2D eigenvalue weighted by Crippen LogP contribution is 2.43. The smallest absolute Gasteiger partial charge is 0.462 e. The quantitative estimate of drug-likeness (QED) is 0.0207.